The molecule has 1 atom stereocenters. The highest BCUT2D eigenvalue weighted by Crippen LogP contribution is 2.46. The second kappa shape index (κ2) is 10.7. The summed E-state index contributed by atoms with van der Waals surface area (Å²) < 4.78 is 11.9. The lowest BCUT2D eigenvalue weighted by molar-refractivity contribution is -0.127. The van der Waals surface area contributed by atoms with Crippen LogP contribution in [0.25, 0.3) is 0 Å². The van der Waals surface area contributed by atoms with Crippen LogP contribution in [0.4, 0.5) is 0 Å². The van der Waals surface area contributed by atoms with Crippen molar-refractivity contribution in [1.29, 1.82) is 0 Å². The van der Waals surface area contributed by atoms with Crippen LogP contribution >= 0.6 is 0 Å². The molecule has 1 aromatic rings. The van der Waals surface area contributed by atoms with Crippen molar-refractivity contribution >= 4 is 11.9 Å². The minimum atomic E-state index is -0.0917. The molecule has 3 rings (SSSR count). The largest absolute Gasteiger partial charge is 0.487 e. The molecule has 1 saturated carbocycles. The summed E-state index contributed by atoms with van der Waals surface area (Å²) in [5, 5.41) is 6.97. The molecule has 0 bridgehead atoms. The lowest BCUT2D eigenvalue weighted by Gasteiger charge is -2.40. The number of aliphatic imine (C=N–C) groups is 1. The number of guanidine groups is 1. The Morgan fingerprint density at radius 2 is 2.07 bits per heavy atom. The lowest BCUT2D eigenvalue weighted by atomic mass is 9.86. The Morgan fingerprint density at radius 3 is 2.80 bits per heavy atom. The van der Waals surface area contributed by atoms with Crippen molar-refractivity contribution in [2.24, 2.45) is 4.99 Å². The summed E-state index contributed by atoms with van der Waals surface area (Å²) in [6.07, 6.45) is 6.39. The van der Waals surface area contributed by atoms with Gasteiger partial charge in [-0.25, -0.2) is 4.99 Å². The van der Waals surface area contributed by atoms with Gasteiger partial charge in [-0.2, -0.15) is 0 Å². The van der Waals surface area contributed by atoms with E-state index < -0.39 is 0 Å². The Bertz CT molecular complexity index is 729. The van der Waals surface area contributed by atoms with E-state index in [0.717, 1.165) is 50.1 Å². The molecule has 2 aliphatic rings. The lowest BCUT2D eigenvalue weighted by Crippen LogP contribution is -2.47. The van der Waals surface area contributed by atoms with Crippen molar-refractivity contribution in [3.63, 3.8) is 0 Å². The summed E-state index contributed by atoms with van der Waals surface area (Å²) in [5.41, 5.74) is 1.06. The van der Waals surface area contributed by atoms with Crippen LogP contribution in [0.3, 0.4) is 0 Å². The molecular weight excluding hydrogens is 380 g/mol. The van der Waals surface area contributed by atoms with Gasteiger partial charge in [-0.05, 0) is 45.1 Å². The summed E-state index contributed by atoms with van der Waals surface area (Å²) >= 11 is 0. The Kier molecular flexibility index (Phi) is 7.96. The molecule has 1 spiro atoms. The van der Waals surface area contributed by atoms with Crippen molar-refractivity contribution in [2.45, 2.75) is 57.1 Å². The Balaban J connectivity index is 1.74. The van der Waals surface area contributed by atoms with Gasteiger partial charge in [-0.1, -0.05) is 18.2 Å². The van der Waals surface area contributed by atoms with Crippen LogP contribution in [0.1, 0.15) is 57.1 Å². The smallest absolute Gasteiger partial charge is 0.243 e. The minimum Gasteiger partial charge on any atom is -0.487 e. The van der Waals surface area contributed by atoms with E-state index in [-0.39, 0.29) is 24.1 Å². The van der Waals surface area contributed by atoms with Crippen molar-refractivity contribution in [3.8, 4) is 5.75 Å². The molecule has 1 aliphatic heterocycles. The molecule has 1 heterocycles. The zero-order chi connectivity index (χ0) is 21.4. The maximum absolute atomic E-state index is 12.1. The summed E-state index contributed by atoms with van der Waals surface area (Å²) in [6.45, 7) is 4.27. The fourth-order valence-corrected chi connectivity index (χ4v) is 4.20. The molecule has 0 saturated heterocycles. The number of nitrogens with one attached hydrogen (secondary N) is 2. The molecule has 7 nitrogen and oxygen atoms in total. The number of carbonyl (C=O) groups excluding carboxylic acids is 1. The topological polar surface area (TPSA) is 75.2 Å². The zero-order valence-corrected chi connectivity index (χ0v) is 18.6. The molecule has 7 heteroatoms. The fraction of sp³-hybridized carbons (Fsp3) is 0.652. The van der Waals surface area contributed by atoms with E-state index in [4.69, 9.17) is 9.47 Å². The molecule has 1 aromatic carbocycles. The summed E-state index contributed by atoms with van der Waals surface area (Å²) in [7, 11) is 3.50. The Labute approximate surface area is 180 Å². The standard InChI is InChI=1S/C23H36N4O3/c1-4-29-15-9-14-24-22(25-17-21(28)27(2)3)26-19-16-23(12-7-8-13-23)30-20-11-6-5-10-18(19)20/h5-6,10-11,19H,4,7-9,12-17H2,1-3H3,(H2,24,25,26). The molecule has 1 unspecified atom stereocenters. The molecule has 166 valence electrons. The Morgan fingerprint density at radius 1 is 1.30 bits per heavy atom. The van der Waals surface area contributed by atoms with Gasteiger partial charge in [0.1, 0.15) is 17.9 Å². The van der Waals surface area contributed by atoms with Gasteiger partial charge in [0, 0.05) is 45.8 Å². The second-order valence-corrected chi connectivity index (χ2v) is 8.36. The average molecular weight is 417 g/mol. The number of nitrogens with zero attached hydrogens (tertiary/aromatic N) is 2. The number of likely N-dealkylation sites (N-methyl/N-ethyl adjacent to an activating group) is 1. The quantitative estimate of drug-likeness (QED) is 0.387. The third-order valence-corrected chi connectivity index (χ3v) is 5.86. The van der Waals surface area contributed by atoms with Gasteiger partial charge < -0.3 is 25.0 Å². The highest BCUT2D eigenvalue weighted by atomic mass is 16.5. The first-order valence-corrected chi connectivity index (χ1v) is 11.1. The number of benzene rings is 1. The summed E-state index contributed by atoms with van der Waals surface area (Å²) in [5.74, 6) is 1.60. The van der Waals surface area contributed by atoms with E-state index >= 15 is 0 Å². The average Bonchev–Trinajstić information content (AvgIpc) is 3.18. The van der Waals surface area contributed by atoms with E-state index in [1.807, 2.05) is 19.1 Å². The van der Waals surface area contributed by atoms with Gasteiger partial charge in [0.05, 0.1) is 6.04 Å². The number of fused-ring (bicyclic) bond motifs is 1. The fourth-order valence-electron chi connectivity index (χ4n) is 4.20. The number of hydrogen-bond acceptors (Lipinski definition) is 4. The zero-order valence-electron chi connectivity index (χ0n) is 18.6. The third kappa shape index (κ3) is 5.88. The molecule has 0 aromatic heterocycles. The first-order chi connectivity index (χ1) is 14.5. The number of carbonyl (C=O) groups is 1. The maximum atomic E-state index is 12.1. The predicted molar refractivity (Wildman–Crippen MR) is 119 cm³/mol. The first-order valence-electron chi connectivity index (χ1n) is 11.1. The normalized spacial score (nSPS) is 19.8. The molecular formula is C23H36N4O3. The number of para-hydroxylation sites is 1. The molecule has 1 aliphatic carbocycles. The van der Waals surface area contributed by atoms with Crippen LogP contribution in [0.2, 0.25) is 0 Å². The van der Waals surface area contributed by atoms with Gasteiger partial charge >= 0.3 is 0 Å². The molecule has 1 amide bonds. The third-order valence-electron chi connectivity index (χ3n) is 5.86. The second-order valence-electron chi connectivity index (χ2n) is 8.36. The van der Waals surface area contributed by atoms with E-state index in [0.29, 0.717) is 12.6 Å². The van der Waals surface area contributed by atoms with Crippen LogP contribution in [0.5, 0.6) is 5.75 Å². The van der Waals surface area contributed by atoms with Crippen LogP contribution in [-0.2, 0) is 9.53 Å². The van der Waals surface area contributed by atoms with Gasteiger partial charge in [-0.15, -0.1) is 0 Å². The monoisotopic (exact) mass is 416 g/mol. The summed E-state index contributed by atoms with van der Waals surface area (Å²) in [6, 6.07) is 8.35. The van der Waals surface area contributed by atoms with Gasteiger partial charge in [0.25, 0.3) is 0 Å². The molecule has 0 radical (unpaired) electrons. The first kappa shape index (κ1) is 22.4. The number of amides is 1. The molecule has 1 fully saturated rings. The van der Waals surface area contributed by atoms with Crippen molar-refractivity contribution in [1.82, 2.24) is 15.5 Å². The van der Waals surface area contributed by atoms with E-state index in [1.54, 1.807) is 19.0 Å². The van der Waals surface area contributed by atoms with Crippen LogP contribution in [-0.4, -0.2) is 62.8 Å². The highest BCUT2D eigenvalue weighted by molar-refractivity contribution is 5.85. The minimum absolute atomic E-state index is 0.0231. The van der Waals surface area contributed by atoms with Crippen molar-refractivity contribution in [2.75, 3.05) is 40.4 Å². The number of ether oxygens (including phenoxy) is 2. The number of rotatable bonds is 8. The van der Waals surface area contributed by atoms with Crippen LogP contribution < -0.4 is 15.4 Å². The van der Waals surface area contributed by atoms with Crippen molar-refractivity contribution in [3.05, 3.63) is 29.8 Å². The Hall–Kier alpha value is -2.28. The van der Waals surface area contributed by atoms with E-state index in [1.165, 1.54) is 12.8 Å². The predicted octanol–water partition coefficient (Wildman–Crippen LogP) is 2.87. The molecule has 2 N–H and O–H groups in total. The molecule has 30 heavy (non-hydrogen) atoms. The van der Waals surface area contributed by atoms with E-state index in [9.17, 15) is 4.79 Å². The van der Waals surface area contributed by atoms with Gasteiger partial charge in [0.15, 0.2) is 5.96 Å². The summed E-state index contributed by atoms with van der Waals surface area (Å²) in [4.78, 5) is 18.2. The van der Waals surface area contributed by atoms with Crippen molar-refractivity contribution < 1.29 is 14.3 Å². The maximum Gasteiger partial charge on any atom is 0.243 e. The van der Waals surface area contributed by atoms with Crippen LogP contribution in [0, 0.1) is 0 Å². The van der Waals surface area contributed by atoms with Gasteiger partial charge in [0.2, 0.25) is 5.91 Å². The SMILES string of the molecule is CCOCCCNC(=NCC(=O)N(C)C)NC1CC2(CCCC2)Oc2ccccc21. The van der Waals surface area contributed by atoms with E-state index in [2.05, 4.69) is 27.8 Å². The van der Waals surface area contributed by atoms with Crippen LogP contribution in [0.15, 0.2) is 29.3 Å². The van der Waals surface area contributed by atoms with Gasteiger partial charge in [-0.3, -0.25) is 4.79 Å². The highest BCUT2D eigenvalue weighted by Gasteiger charge is 2.43. The number of hydrogen-bond donors (Lipinski definition) is 2.